The fraction of sp³-hybridized carbons (Fsp3) is 0.300. The van der Waals surface area contributed by atoms with Gasteiger partial charge in [0.05, 0.1) is 16.1 Å². The molecule has 0 atom stereocenters. The highest BCUT2D eigenvalue weighted by Gasteiger charge is 2.26. The number of rotatable bonds is 1. The summed E-state index contributed by atoms with van der Waals surface area (Å²) in [5.74, 6) is 1.76. The Hall–Kier alpha value is -0.540. The Balaban J connectivity index is 2.22. The van der Waals surface area contributed by atoms with E-state index in [2.05, 4.69) is 25.9 Å². The molecule has 2 nitrogen and oxygen atoms in total. The molecular formula is C10H8BrClN2. The van der Waals surface area contributed by atoms with Gasteiger partial charge in [0.15, 0.2) is 0 Å². The van der Waals surface area contributed by atoms with Crippen LogP contribution in [0.5, 0.6) is 0 Å². The summed E-state index contributed by atoms with van der Waals surface area (Å²) in [6.07, 6.45) is 2.52. The fourth-order valence-corrected chi connectivity index (χ4v) is 2.07. The zero-order valence-corrected chi connectivity index (χ0v) is 9.69. The molecule has 1 heterocycles. The number of nitrogens with zero attached hydrogens (tertiary/aromatic N) is 1. The van der Waals surface area contributed by atoms with E-state index in [-0.39, 0.29) is 0 Å². The van der Waals surface area contributed by atoms with Crippen LogP contribution in [0.2, 0.25) is 5.02 Å². The molecule has 1 saturated carbocycles. The van der Waals surface area contributed by atoms with Gasteiger partial charge in [0.2, 0.25) is 0 Å². The maximum absolute atomic E-state index is 6.00. The minimum absolute atomic E-state index is 0.653. The van der Waals surface area contributed by atoms with Crippen molar-refractivity contribution in [3.8, 4) is 0 Å². The highest BCUT2D eigenvalue weighted by molar-refractivity contribution is 9.10. The molecule has 0 amide bonds. The fourth-order valence-electron chi connectivity index (χ4n) is 1.57. The molecule has 0 spiro atoms. The van der Waals surface area contributed by atoms with Gasteiger partial charge in [-0.05, 0) is 40.9 Å². The third kappa shape index (κ3) is 1.35. The van der Waals surface area contributed by atoms with Gasteiger partial charge in [-0.25, -0.2) is 4.98 Å². The SMILES string of the molecule is Clc1cc2[nH]c(C3CC3)nc2cc1Br. The van der Waals surface area contributed by atoms with Crippen molar-refractivity contribution in [2.75, 3.05) is 0 Å². The maximum Gasteiger partial charge on any atom is 0.110 e. The lowest BCUT2D eigenvalue weighted by Gasteiger charge is -1.93. The molecule has 0 unspecified atom stereocenters. The third-order valence-corrected chi connectivity index (χ3v) is 3.70. The monoisotopic (exact) mass is 270 g/mol. The minimum Gasteiger partial charge on any atom is -0.342 e. The smallest absolute Gasteiger partial charge is 0.110 e. The Morgan fingerprint density at radius 2 is 2.21 bits per heavy atom. The lowest BCUT2D eigenvalue weighted by atomic mass is 10.3. The lowest BCUT2D eigenvalue weighted by Crippen LogP contribution is -1.79. The van der Waals surface area contributed by atoms with Gasteiger partial charge in [0, 0.05) is 10.4 Å². The Morgan fingerprint density at radius 3 is 2.93 bits per heavy atom. The number of benzene rings is 1. The van der Waals surface area contributed by atoms with Gasteiger partial charge in [0.1, 0.15) is 5.82 Å². The number of fused-ring (bicyclic) bond motifs is 1. The van der Waals surface area contributed by atoms with Crippen LogP contribution in [0.25, 0.3) is 11.0 Å². The van der Waals surface area contributed by atoms with Crippen LogP contribution >= 0.6 is 27.5 Å². The zero-order valence-electron chi connectivity index (χ0n) is 7.35. The second-order valence-corrected chi connectivity index (χ2v) is 4.94. The summed E-state index contributed by atoms with van der Waals surface area (Å²) in [5.41, 5.74) is 2.02. The Labute approximate surface area is 94.8 Å². The molecule has 14 heavy (non-hydrogen) atoms. The molecular weight excluding hydrogens is 263 g/mol. The molecule has 0 radical (unpaired) electrons. The minimum atomic E-state index is 0.653. The summed E-state index contributed by atoms with van der Waals surface area (Å²) in [4.78, 5) is 7.84. The molecule has 1 aliphatic carbocycles. The average molecular weight is 272 g/mol. The van der Waals surface area contributed by atoms with E-state index in [4.69, 9.17) is 11.6 Å². The van der Waals surface area contributed by atoms with Crippen LogP contribution in [0.4, 0.5) is 0 Å². The van der Waals surface area contributed by atoms with E-state index >= 15 is 0 Å². The van der Waals surface area contributed by atoms with Crippen molar-refractivity contribution in [3.05, 3.63) is 27.5 Å². The number of H-pyrrole nitrogens is 1. The van der Waals surface area contributed by atoms with Crippen LogP contribution in [0.3, 0.4) is 0 Å². The van der Waals surface area contributed by atoms with Crippen molar-refractivity contribution in [2.24, 2.45) is 0 Å². The van der Waals surface area contributed by atoms with Gasteiger partial charge in [-0.1, -0.05) is 11.6 Å². The molecule has 2 aromatic rings. The van der Waals surface area contributed by atoms with Crippen LogP contribution in [0.15, 0.2) is 16.6 Å². The van der Waals surface area contributed by atoms with Gasteiger partial charge >= 0.3 is 0 Å². The number of aromatic nitrogens is 2. The summed E-state index contributed by atoms with van der Waals surface area (Å²) >= 11 is 9.39. The van der Waals surface area contributed by atoms with Gasteiger partial charge in [-0.2, -0.15) is 0 Å². The first-order chi connectivity index (χ1) is 6.74. The van der Waals surface area contributed by atoms with Crippen molar-refractivity contribution in [2.45, 2.75) is 18.8 Å². The van der Waals surface area contributed by atoms with E-state index < -0.39 is 0 Å². The summed E-state index contributed by atoms with van der Waals surface area (Å²) in [5, 5.41) is 0.725. The summed E-state index contributed by atoms with van der Waals surface area (Å²) in [7, 11) is 0. The van der Waals surface area contributed by atoms with E-state index in [0.717, 1.165) is 26.4 Å². The van der Waals surface area contributed by atoms with Crippen molar-refractivity contribution in [1.29, 1.82) is 0 Å². The molecule has 3 rings (SSSR count). The van der Waals surface area contributed by atoms with Gasteiger partial charge in [0.25, 0.3) is 0 Å². The largest absolute Gasteiger partial charge is 0.342 e. The van der Waals surface area contributed by atoms with Crippen LogP contribution in [0.1, 0.15) is 24.6 Å². The van der Waals surface area contributed by atoms with Crippen molar-refractivity contribution in [1.82, 2.24) is 9.97 Å². The van der Waals surface area contributed by atoms with Crippen LogP contribution in [-0.4, -0.2) is 9.97 Å². The first-order valence-electron chi connectivity index (χ1n) is 4.59. The molecule has 1 aromatic carbocycles. The van der Waals surface area contributed by atoms with E-state index in [9.17, 15) is 0 Å². The number of halogens is 2. The predicted octanol–water partition coefficient (Wildman–Crippen LogP) is 3.86. The van der Waals surface area contributed by atoms with Gasteiger partial charge < -0.3 is 4.98 Å². The molecule has 1 N–H and O–H groups in total. The predicted molar refractivity (Wildman–Crippen MR) is 60.8 cm³/mol. The molecule has 72 valence electrons. The standard InChI is InChI=1S/C10H8BrClN2/c11-6-3-8-9(4-7(6)12)14-10(13-8)5-1-2-5/h3-5H,1-2H2,(H,13,14). The maximum atomic E-state index is 6.00. The van der Waals surface area contributed by atoms with E-state index in [1.54, 1.807) is 0 Å². The number of hydrogen-bond acceptors (Lipinski definition) is 1. The molecule has 1 fully saturated rings. The lowest BCUT2D eigenvalue weighted by molar-refractivity contribution is 0.986. The topological polar surface area (TPSA) is 28.7 Å². The zero-order chi connectivity index (χ0) is 9.71. The highest BCUT2D eigenvalue weighted by atomic mass is 79.9. The molecule has 4 heteroatoms. The van der Waals surface area contributed by atoms with Gasteiger partial charge in [-0.3, -0.25) is 0 Å². The third-order valence-electron chi connectivity index (χ3n) is 2.51. The van der Waals surface area contributed by atoms with Gasteiger partial charge in [-0.15, -0.1) is 0 Å². The van der Waals surface area contributed by atoms with Crippen molar-refractivity contribution in [3.63, 3.8) is 0 Å². The first kappa shape index (κ1) is 8.74. The van der Waals surface area contributed by atoms with Crippen LogP contribution in [-0.2, 0) is 0 Å². The molecule has 1 aliphatic rings. The second-order valence-electron chi connectivity index (χ2n) is 3.68. The molecule has 1 aromatic heterocycles. The number of aromatic amines is 1. The Kier molecular flexibility index (Phi) is 1.86. The Morgan fingerprint density at radius 1 is 1.43 bits per heavy atom. The van der Waals surface area contributed by atoms with Crippen LogP contribution in [0, 0.1) is 0 Å². The normalized spacial score (nSPS) is 16.4. The summed E-state index contributed by atoms with van der Waals surface area (Å²) < 4.78 is 0.903. The van der Waals surface area contributed by atoms with E-state index in [1.807, 2.05) is 12.1 Å². The summed E-state index contributed by atoms with van der Waals surface area (Å²) in [6, 6.07) is 3.87. The van der Waals surface area contributed by atoms with E-state index in [1.165, 1.54) is 12.8 Å². The molecule has 0 bridgehead atoms. The first-order valence-corrected chi connectivity index (χ1v) is 5.76. The molecule has 0 saturated heterocycles. The van der Waals surface area contributed by atoms with Crippen LogP contribution < -0.4 is 0 Å². The molecule has 0 aliphatic heterocycles. The quantitative estimate of drug-likeness (QED) is 0.838. The summed E-state index contributed by atoms with van der Waals surface area (Å²) in [6.45, 7) is 0. The van der Waals surface area contributed by atoms with Crippen molar-refractivity contribution < 1.29 is 0 Å². The average Bonchev–Trinajstić information content (AvgIpc) is 2.90. The number of hydrogen-bond donors (Lipinski definition) is 1. The number of imidazole rings is 1. The van der Waals surface area contributed by atoms with Crippen molar-refractivity contribution >= 4 is 38.6 Å². The highest BCUT2D eigenvalue weighted by Crippen LogP contribution is 2.39. The second kappa shape index (κ2) is 2.97. The number of nitrogens with one attached hydrogen (secondary N) is 1. The Bertz CT molecular complexity index is 463. The van der Waals surface area contributed by atoms with E-state index in [0.29, 0.717) is 5.92 Å².